The predicted octanol–water partition coefficient (Wildman–Crippen LogP) is 0.163. The molecule has 0 radical (unpaired) electrons. The van der Waals surface area contributed by atoms with Crippen LogP contribution in [-0.4, -0.2) is 42.0 Å². The number of carbonyl (C=O) groups is 2. The Labute approximate surface area is 108 Å². The smallest absolute Gasteiger partial charge is 0.315 e. The first-order chi connectivity index (χ1) is 8.60. The van der Waals surface area contributed by atoms with Crippen molar-refractivity contribution in [3.63, 3.8) is 0 Å². The number of carbonyl (C=O) groups excluding carboxylic acids is 2. The summed E-state index contributed by atoms with van der Waals surface area (Å²) in [6, 6.07) is -0.948. The molecule has 0 aromatic carbocycles. The van der Waals surface area contributed by atoms with Crippen molar-refractivity contribution in [3.05, 3.63) is 0 Å². The van der Waals surface area contributed by atoms with Gasteiger partial charge in [0.15, 0.2) is 0 Å². The van der Waals surface area contributed by atoms with Crippen molar-refractivity contribution in [2.75, 3.05) is 13.1 Å². The third kappa shape index (κ3) is 3.87. The van der Waals surface area contributed by atoms with Crippen LogP contribution in [0.15, 0.2) is 0 Å². The highest BCUT2D eigenvalue weighted by molar-refractivity contribution is 5.87. The minimum Gasteiger partial charge on any atom is -0.351 e. The van der Waals surface area contributed by atoms with Gasteiger partial charge < -0.3 is 21.7 Å². The molecule has 3 amide bonds. The van der Waals surface area contributed by atoms with Crippen molar-refractivity contribution in [3.8, 4) is 0 Å². The lowest BCUT2D eigenvalue weighted by molar-refractivity contribution is -0.125. The molecule has 1 aliphatic rings. The van der Waals surface area contributed by atoms with Gasteiger partial charge in [-0.05, 0) is 19.3 Å². The van der Waals surface area contributed by atoms with Crippen LogP contribution >= 0.6 is 0 Å². The molecule has 1 aliphatic heterocycles. The Morgan fingerprint density at radius 1 is 1.50 bits per heavy atom. The van der Waals surface area contributed by atoms with Gasteiger partial charge in [0.25, 0.3) is 0 Å². The molecule has 18 heavy (non-hydrogen) atoms. The fourth-order valence-corrected chi connectivity index (χ4v) is 2.30. The van der Waals surface area contributed by atoms with Crippen LogP contribution in [0.25, 0.3) is 0 Å². The Balaban J connectivity index is 2.50. The molecule has 104 valence electrons. The van der Waals surface area contributed by atoms with Crippen LogP contribution in [0.5, 0.6) is 0 Å². The number of hydrogen-bond acceptors (Lipinski definition) is 3. The van der Waals surface area contributed by atoms with Gasteiger partial charge >= 0.3 is 6.03 Å². The van der Waals surface area contributed by atoms with Crippen molar-refractivity contribution in [1.29, 1.82) is 0 Å². The third-order valence-corrected chi connectivity index (χ3v) is 3.38. The summed E-state index contributed by atoms with van der Waals surface area (Å²) in [7, 11) is 0. The second-order valence-electron chi connectivity index (χ2n) is 4.77. The van der Waals surface area contributed by atoms with Gasteiger partial charge in [0.2, 0.25) is 5.91 Å². The van der Waals surface area contributed by atoms with E-state index in [1.54, 1.807) is 0 Å². The lowest BCUT2D eigenvalue weighted by Gasteiger charge is -2.24. The van der Waals surface area contributed by atoms with Crippen molar-refractivity contribution >= 4 is 11.9 Å². The first kappa shape index (κ1) is 14.8. The molecule has 6 nitrogen and oxygen atoms in total. The van der Waals surface area contributed by atoms with Gasteiger partial charge in [-0.1, -0.05) is 19.8 Å². The van der Waals surface area contributed by atoms with E-state index in [4.69, 9.17) is 11.5 Å². The van der Waals surface area contributed by atoms with E-state index < -0.39 is 12.1 Å². The fraction of sp³-hybridized carbons (Fsp3) is 0.833. The zero-order chi connectivity index (χ0) is 13.5. The number of nitrogens with two attached hydrogens (primary N) is 2. The summed E-state index contributed by atoms with van der Waals surface area (Å²) in [4.78, 5) is 24.7. The molecule has 1 rings (SSSR count). The number of hydrogen-bond donors (Lipinski definition) is 3. The zero-order valence-electron chi connectivity index (χ0n) is 11.0. The summed E-state index contributed by atoms with van der Waals surface area (Å²) >= 11 is 0. The molecule has 1 fully saturated rings. The predicted molar refractivity (Wildman–Crippen MR) is 69.8 cm³/mol. The lowest BCUT2D eigenvalue weighted by Crippen LogP contribution is -2.51. The van der Waals surface area contributed by atoms with Gasteiger partial charge in [-0.2, -0.15) is 0 Å². The summed E-state index contributed by atoms with van der Waals surface area (Å²) in [5.41, 5.74) is 10.9. The zero-order valence-corrected chi connectivity index (χ0v) is 11.0. The molecular formula is C12H24N4O2. The lowest BCUT2D eigenvalue weighted by atomic mass is 10.1. The molecule has 0 spiro atoms. The quantitative estimate of drug-likeness (QED) is 0.631. The Bertz CT molecular complexity index is 296. The maximum atomic E-state index is 12.1. The van der Waals surface area contributed by atoms with Crippen molar-refractivity contribution in [2.45, 2.75) is 51.1 Å². The normalized spacial score (nSPS) is 20.8. The van der Waals surface area contributed by atoms with E-state index in [0.29, 0.717) is 19.5 Å². The number of rotatable bonds is 6. The molecule has 1 saturated heterocycles. The van der Waals surface area contributed by atoms with Gasteiger partial charge in [0.1, 0.15) is 6.04 Å². The fourth-order valence-electron chi connectivity index (χ4n) is 2.30. The molecule has 0 saturated carbocycles. The summed E-state index contributed by atoms with van der Waals surface area (Å²) < 4.78 is 0. The highest BCUT2D eigenvalue weighted by Gasteiger charge is 2.33. The van der Waals surface area contributed by atoms with E-state index in [1.165, 1.54) is 4.90 Å². The average molecular weight is 256 g/mol. The molecule has 5 N–H and O–H groups in total. The maximum Gasteiger partial charge on any atom is 0.315 e. The van der Waals surface area contributed by atoms with Crippen LogP contribution in [0.1, 0.15) is 39.0 Å². The topological polar surface area (TPSA) is 101 Å². The molecule has 1 unspecified atom stereocenters. The summed E-state index contributed by atoms with van der Waals surface area (Å²) in [5, 5.41) is 2.91. The van der Waals surface area contributed by atoms with E-state index in [0.717, 1.165) is 25.7 Å². The molecule has 6 heteroatoms. The van der Waals surface area contributed by atoms with Crippen molar-refractivity contribution in [1.82, 2.24) is 10.2 Å². The Morgan fingerprint density at radius 2 is 2.22 bits per heavy atom. The number of nitrogens with zero attached hydrogens (tertiary/aromatic N) is 1. The van der Waals surface area contributed by atoms with Gasteiger partial charge in [-0.15, -0.1) is 0 Å². The van der Waals surface area contributed by atoms with Gasteiger partial charge in [0.05, 0.1) is 0 Å². The van der Waals surface area contributed by atoms with Crippen LogP contribution in [-0.2, 0) is 4.79 Å². The van der Waals surface area contributed by atoms with Crippen LogP contribution in [0.4, 0.5) is 4.79 Å². The van der Waals surface area contributed by atoms with E-state index in [1.807, 2.05) is 0 Å². The minimum atomic E-state index is -0.523. The van der Waals surface area contributed by atoms with Gasteiger partial charge in [-0.3, -0.25) is 4.79 Å². The number of primary amides is 1. The summed E-state index contributed by atoms with van der Waals surface area (Å²) in [6.45, 7) is 3.09. The van der Waals surface area contributed by atoms with E-state index in [9.17, 15) is 9.59 Å². The van der Waals surface area contributed by atoms with Gasteiger partial charge in [-0.25, -0.2) is 4.79 Å². The molecule has 0 aromatic heterocycles. The molecule has 2 atom stereocenters. The molecule has 0 aromatic rings. The first-order valence-corrected chi connectivity index (χ1v) is 6.66. The number of urea groups is 1. The van der Waals surface area contributed by atoms with Crippen LogP contribution in [0, 0.1) is 0 Å². The minimum absolute atomic E-state index is 0.00669. The number of likely N-dealkylation sites (tertiary alicyclic amines) is 1. The highest BCUT2D eigenvalue weighted by Crippen LogP contribution is 2.17. The molecule has 0 bridgehead atoms. The van der Waals surface area contributed by atoms with E-state index >= 15 is 0 Å². The monoisotopic (exact) mass is 256 g/mol. The molecule has 0 aliphatic carbocycles. The van der Waals surface area contributed by atoms with E-state index in [-0.39, 0.29) is 11.9 Å². The van der Waals surface area contributed by atoms with Gasteiger partial charge in [0, 0.05) is 19.1 Å². The van der Waals surface area contributed by atoms with E-state index in [2.05, 4.69) is 12.2 Å². The number of amides is 3. The standard InChI is InChI=1S/C12H24N4O2/c1-2-3-5-9(8-13)15-11(17)10-6-4-7-16(10)12(14)18/h9-10H,2-8,13H2,1H3,(H2,14,18)(H,15,17)/t9?,10-/m0/s1. The second kappa shape index (κ2) is 7.20. The Hall–Kier alpha value is -1.30. The Kier molecular flexibility index (Phi) is 5.91. The highest BCUT2D eigenvalue weighted by atomic mass is 16.2. The van der Waals surface area contributed by atoms with Crippen molar-refractivity contribution in [2.24, 2.45) is 11.5 Å². The number of unbranched alkanes of at least 4 members (excludes halogenated alkanes) is 1. The Morgan fingerprint density at radius 3 is 2.78 bits per heavy atom. The SMILES string of the molecule is CCCCC(CN)NC(=O)[C@@H]1CCCN1C(N)=O. The average Bonchev–Trinajstić information content (AvgIpc) is 2.83. The molecular weight excluding hydrogens is 232 g/mol. The molecule has 1 heterocycles. The third-order valence-electron chi connectivity index (χ3n) is 3.38. The van der Waals surface area contributed by atoms with Crippen LogP contribution in [0.2, 0.25) is 0 Å². The largest absolute Gasteiger partial charge is 0.351 e. The maximum absolute atomic E-state index is 12.1. The summed E-state index contributed by atoms with van der Waals surface area (Å²) in [5.74, 6) is -0.127. The van der Waals surface area contributed by atoms with Crippen LogP contribution in [0.3, 0.4) is 0 Å². The first-order valence-electron chi connectivity index (χ1n) is 6.66. The second-order valence-corrected chi connectivity index (χ2v) is 4.77. The number of nitrogens with one attached hydrogen (secondary N) is 1. The summed E-state index contributed by atoms with van der Waals surface area (Å²) in [6.07, 6.45) is 4.49. The van der Waals surface area contributed by atoms with Crippen LogP contribution < -0.4 is 16.8 Å². The van der Waals surface area contributed by atoms with Crippen molar-refractivity contribution < 1.29 is 9.59 Å².